The molecule has 2 rings (SSSR count). The van der Waals surface area contributed by atoms with E-state index < -0.39 is 0 Å². The van der Waals surface area contributed by atoms with Gasteiger partial charge in [-0.1, -0.05) is 6.92 Å². The van der Waals surface area contributed by atoms with E-state index in [1.807, 2.05) is 11.9 Å². The Balaban J connectivity index is 1.72. The van der Waals surface area contributed by atoms with Crippen LogP contribution in [0.15, 0.2) is 0 Å². The second kappa shape index (κ2) is 7.99. The van der Waals surface area contributed by atoms with Crippen molar-refractivity contribution in [3.05, 3.63) is 0 Å². The number of rotatable bonds is 5. The number of amides is 2. The Bertz CT molecular complexity index is 329. The Kier molecular flexibility index (Phi) is 6.30. The highest BCUT2D eigenvalue weighted by Gasteiger charge is 2.27. The van der Waals surface area contributed by atoms with Crippen molar-refractivity contribution in [1.82, 2.24) is 15.1 Å². The maximum absolute atomic E-state index is 12.3. The van der Waals surface area contributed by atoms with Gasteiger partial charge in [-0.3, -0.25) is 4.90 Å². The minimum absolute atomic E-state index is 0.0606. The number of urea groups is 1. The fourth-order valence-electron chi connectivity index (χ4n) is 3.75. The first-order valence-electron chi connectivity index (χ1n) is 8.51. The summed E-state index contributed by atoms with van der Waals surface area (Å²) in [6.45, 7) is 5.48. The molecule has 1 saturated carbocycles. The lowest BCUT2D eigenvalue weighted by atomic mass is 9.86. The standard InChI is InChI=1S/C16H31N3O2/c1-3-19-10-4-5-15(19)11-17-16(21)18(2)14-8-6-13(12-20)7-9-14/h13-15,20H,3-12H2,1-2H3,(H,17,21). The maximum atomic E-state index is 12.3. The highest BCUT2D eigenvalue weighted by molar-refractivity contribution is 5.74. The maximum Gasteiger partial charge on any atom is 0.317 e. The highest BCUT2D eigenvalue weighted by atomic mass is 16.3. The fraction of sp³-hybridized carbons (Fsp3) is 0.938. The van der Waals surface area contributed by atoms with Crippen molar-refractivity contribution in [2.75, 3.05) is 33.3 Å². The molecule has 0 aromatic heterocycles. The number of hydrogen-bond acceptors (Lipinski definition) is 3. The topological polar surface area (TPSA) is 55.8 Å². The number of aliphatic hydroxyl groups is 1. The van der Waals surface area contributed by atoms with E-state index in [2.05, 4.69) is 17.1 Å². The normalized spacial score (nSPS) is 30.3. The van der Waals surface area contributed by atoms with Gasteiger partial charge in [-0.05, 0) is 57.5 Å². The number of carbonyl (C=O) groups is 1. The molecule has 1 aliphatic carbocycles. The van der Waals surface area contributed by atoms with Crippen molar-refractivity contribution in [1.29, 1.82) is 0 Å². The minimum atomic E-state index is 0.0606. The van der Waals surface area contributed by atoms with Crippen LogP contribution in [0.25, 0.3) is 0 Å². The summed E-state index contributed by atoms with van der Waals surface area (Å²) in [6.07, 6.45) is 6.53. The fourth-order valence-corrected chi connectivity index (χ4v) is 3.75. The van der Waals surface area contributed by atoms with Gasteiger partial charge in [0.2, 0.25) is 0 Å². The first-order chi connectivity index (χ1) is 10.2. The van der Waals surface area contributed by atoms with Crippen LogP contribution in [0.4, 0.5) is 4.79 Å². The molecule has 2 aliphatic rings. The van der Waals surface area contributed by atoms with Gasteiger partial charge in [-0.25, -0.2) is 4.79 Å². The largest absolute Gasteiger partial charge is 0.396 e. The third-order valence-electron chi connectivity index (χ3n) is 5.34. The van der Waals surface area contributed by atoms with Crippen LogP contribution < -0.4 is 5.32 Å². The quantitative estimate of drug-likeness (QED) is 0.811. The Morgan fingerprint density at radius 1 is 1.29 bits per heavy atom. The summed E-state index contributed by atoms with van der Waals surface area (Å²) in [5.41, 5.74) is 0. The molecule has 2 N–H and O–H groups in total. The van der Waals surface area contributed by atoms with Crippen molar-refractivity contribution in [3.8, 4) is 0 Å². The van der Waals surface area contributed by atoms with Crippen LogP contribution in [0.1, 0.15) is 45.4 Å². The lowest BCUT2D eigenvalue weighted by molar-refractivity contribution is 0.132. The Hall–Kier alpha value is -0.810. The average molecular weight is 297 g/mol. The number of nitrogens with zero attached hydrogens (tertiary/aromatic N) is 2. The molecule has 0 radical (unpaired) electrons. The van der Waals surface area contributed by atoms with Crippen molar-refractivity contribution >= 4 is 6.03 Å². The number of carbonyl (C=O) groups excluding carboxylic acids is 1. The summed E-state index contributed by atoms with van der Waals surface area (Å²) in [7, 11) is 1.91. The van der Waals surface area contributed by atoms with Gasteiger partial charge in [-0.15, -0.1) is 0 Å². The molecule has 1 saturated heterocycles. The molecule has 0 bridgehead atoms. The highest BCUT2D eigenvalue weighted by Crippen LogP contribution is 2.26. The van der Waals surface area contributed by atoms with Crippen LogP contribution in [0.2, 0.25) is 0 Å². The first kappa shape index (κ1) is 16.6. The molecule has 1 aliphatic heterocycles. The molecule has 5 heteroatoms. The molecule has 0 spiro atoms. The van der Waals surface area contributed by atoms with Gasteiger partial charge >= 0.3 is 6.03 Å². The Labute approximate surface area is 128 Å². The molecular weight excluding hydrogens is 266 g/mol. The molecule has 2 fully saturated rings. The van der Waals surface area contributed by atoms with Gasteiger partial charge in [0, 0.05) is 32.3 Å². The lowest BCUT2D eigenvalue weighted by Crippen LogP contribution is -2.48. The molecule has 0 aromatic rings. The molecule has 5 nitrogen and oxygen atoms in total. The van der Waals surface area contributed by atoms with Gasteiger partial charge in [0.15, 0.2) is 0 Å². The third-order valence-corrected chi connectivity index (χ3v) is 5.34. The number of hydrogen-bond donors (Lipinski definition) is 2. The molecule has 1 atom stereocenters. The van der Waals surface area contributed by atoms with Gasteiger partial charge < -0.3 is 15.3 Å². The summed E-state index contributed by atoms with van der Waals surface area (Å²) in [5, 5.41) is 12.3. The molecule has 21 heavy (non-hydrogen) atoms. The predicted octanol–water partition coefficient (Wildman–Crippen LogP) is 1.66. The van der Waals surface area contributed by atoms with Crippen LogP contribution in [-0.2, 0) is 0 Å². The smallest absolute Gasteiger partial charge is 0.317 e. The van der Waals surface area contributed by atoms with E-state index in [-0.39, 0.29) is 12.6 Å². The lowest BCUT2D eigenvalue weighted by Gasteiger charge is -2.34. The van der Waals surface area contributed by atoms with Crippen LogP contribution in [0.3, 0.4) is 0 Å². The van der Waals surface area contributed by atoms with Crippen molar-refractivity contribution < 1.29 is 9.90 Å². The second-order valence-corrected chi connectivity index (χ2v) is 6.58. The van der Waals surface area contributed by atoms with Crippen LogP contribution in [-0.4, -0.2) is 66.3 Å². The van der Waals surface area contributed by atoms with Crippen LogP contribution >= 0.6 is 0 Å². The van der Waals surface area contributed by atoms with E-state index >= 15 is 0 Å². The third kappa shape index (κ3) is 4.33. The van der Waals surface area contributed by atoms with Crippen molar-refractivity contribution in [2.24, 2.45) is 5.92 Å². The zero-order valence-corrected chi connectivity index (χ0v) is 13.6. The van der Waals surface area contributed by atoms with Crippen molar-refractivity contribution in [3.63, 3.8) is 0 Å². The van der Waals surface area contributed by atoms with E-state index in [0.29, 0.717) is 18.0 Å². The summed E-state index contributed by atoms with van der Waals surface area (Å²) >= 11 is 0. The second-order valence-electron chi connectivity index (χ2n) is 6.58. The van der Waals surface area contributed by atoms with Gasteiger partial charge in [-0.2, -0.15) is 0 Å². The number of nitrogens with one attached hydrogen (secondary N) is 1. The number of likely N-dealkylation sites (tertiary alicyclic amines) is 1. The first-order valence-corrected chi connectivity index (χ1v) is 8.51. The Morgan fingerprint density at radius 3 is 2.62 bits per heavy atom. The van der Waals surface area contributed by atoms with Crippen molar-refractivity contribution in [2.45, 2.75) is 57.5 Å². The summed E-state index contributed by atoms with van der Waals surface area (Å²) in [4.78, 5) is 16.6. The number of aliphatic hydroxyl groups excluding tert-OH is 1. The molecular formula is C16H31N3O2. The molecule has 122 valence electrons. The SMILES string of the molecule is CCN1CCCC1CNC(=O)N(C)C1CCC(CO)CC1. The van der Waals surface area contributed by atoms with E-state index in [1.54, 1.807) is 0 Å². The summed E-state index contributed by atoms with van der Waals surface area (Å²) < 4.78 is 0. The van der Waals surface area contributed by atoms with Gasteiger partial charge in [0.25, 0.3) is 0 Å². The molecule has 2 amide bonds. The molecule has 1 heterocycles. The van der Waals surface area contributed by atoms with Gasteiger partial charge in [0.05, 0.1) is 0 Å². The zero-order chi connectivity index (χ0) is 15.2. The average Bonchev–Trinajstić information content (AvgIpc) is 2.99. The Morgan fingerprint density at radius 2 is 2.00 bits per heavy atom. The van der Waals surface area contributed by atoms with E-state index in [0.717, 1.165) is 45.3 Å². The van der Waals surface area contributed by atoms with E-state index in [9.17, 15) is 9.90 Å². The van der Waals surface area contributed by atoms with E-state index in [1.165, 1.54) is 12.8 Å². The van der Waals surface area contributed by atoms with E-state index in [4.69, 9.17) is 0 Å². The zero-order valence-electron chi connectivity index (χ0n) is 13.6. The molecule has 1 unspecified atom stereocenters. The monoisotopic (exact) mass is 297 g/mol. The summed E-state index contributed by atoms with van der Waals surface area (Å²) in [6, 6.07) is 0.904. The van der Waals surface area contributed by atoms with Crippen LogP contribution in [0.5, 0.6) is 0 Å². The minimum Gasteiger partial charge on any atom is -0.396 e. The molecule has 0 aromatic carbocycles. The summed E-state index contributed by atoms with van der Waals surface area (Å²) in [5.74, 6) is 0.439. The number of likely N-dealkylation sites (N-methyl/N-ethyl adjacent to an activating group) is 1. The van der Waals surface area contributed by atoms with Gasteiger partial charge in [0.1, 0.15) is 0 Å². The predicted molar refractivity (Wildman–Crippen MR) is 84.3 cm³/mol. The van der Waals surface area contributed by atoms with Crippen LogP contribution in [0, 0.1) is 5.92 Å².